The highest BCUT2D eigenvalue weighted by Crippen LogP contribution is 2.16. The summed E-state index contributed by atoms with van der Waals surface area (Å²) in [7, 11) is 0. The number of para-hydroxylation sites is 1. The minimum absolute atomic E-state index is 0.421. The summed E-state index contributed by atoms with van der Waals surface area (Å²) < 4.78 is 5.44. The van der Waals surface area contributed by atoms with Crippen molar-refractivity contribution in [2.24, 2.45) is 5.41 Å². The molecule has 0 aliphatic rings. The first kappa shape index (κ1) is 9.60. The van der Waals surface area contributed by atoms with Gasteiger partial charge in [0.25, 0.3) is 0 Å². The smallest absolute Gasteiger partial charge is 0.119 e. The number of hydrogen-bond donors (Lipinski definition) is 0. The van der Waals surface area contributed by atoms with E-state index < -0.39 is 5.41 Å². The minimum Gasteiger partial charge on any atom is -0.492 e. The molecule has 0 bridgehead atoms. The van der Waals surface area contributed by atoms with Crippen molar-refractivity contribution in [1.29, 1.82) is 5.26 Å². The van der Waals surface area contributed by atoms with Gasteiger partial charge in [0.1, 0.15) is 12.4 Å². The van der Waals surface area contributed by atoms with E-state index in [0.29, 0.717) is 6.61 Å². The molecular formula is C11H13NO. The third-order valence-electron chi connectivity index (χ3n) is 1.65. The molecule has 1 aromatic rings. The predicted molar refractivity (Wildman–Crippen MR) is 51.3 cm³/mol. The highest BCUT2D eigenvalue weighted by molar-refractivity contribution is 5.21. The van der Waals surface area contributed by atoms with Crippen LogP contribution < -0.4 is 4.74 Å². The average Bonchev–Trinajstić information content (AvgIpc) is 2.17. The zero-order valence-electron chi connectivity index (χ0n) is 7.95. The molecule has 13 heavy (non-hydrogen) atoms. The van der Waals surface area contributed by atoms with Crippen LogP contribution in [-0.2, 0) is 0 Å². The third-order valence-corrected chi connectivity index (χ3v) is 1.65. The van der Waals surface area contributed by atoms with Crippen molar-refractivity contribution in [2.45, 2.75) is 13.8 Å². The number of ether oxygens (including phenoxy) is 1. The number of hydrogen-bond acceptors (Lipinski definition) is 2. The Labute approximate surface area is 78.8 Å². The van der Waals surface area contributed by atoms with Crippen LogP contribution in [0.1, 0.15) is 13.8 Å². The molecule has 0 aliphatic carbocycles. The van der Waals surface area contributed by atoms with Gasteiger partial charge in [-0.05, 0) is 26.0 Å². The second kappa shape index (κ2) is 3.95. The van der Waals surface area contributed by atoms with Gasteiger partial charge in [0, 0.05) is 0 Å². The molecule has 0 saturated heterocycles. The van der Waals surface area contributed by atoms with Crippen molar-refractivity contribution in [2.75, 3.05) is 6.61 Å². The predicted octanol–water partition coefficient (Wildman–Crippen LogP) is 2.62. The van der Waals surface area contributed by atoms with Crippen LogP contribution >= 0.6 is 0 Å². The monoisotopic (exact) mass is 175 g/mol. The van der Waals surface area contributed by atoms with Crippen LogP contribution in [0.3, 0.4) is 0 Å². The first-order valence-electron chi connectivity index (χ1n) is 4.23. The van der Waals surface area contributed by atoms with E-state index in [1.807, 2.05) is 44.2 Å². The Morgan fingerprint density at radius 1 is 1.31 bits per heavy atom. The quantitative estimate of drug-likeness (QED) is 0.707. The van der Waals surface area contributed by atoms with Gasteiger partial charge in [0.2, 0.25) is 0 Å². The second-order valence-corrected chi connectivity index (χ2v) is 3.60. The van der Waals surface area contributed by atoms with Crippen molar-refractivity contribution in [3.63, 3.8) is 0 Å². The Balaban J connectivity index is 2.50. The molecule has 0 fully saturated rings. The van der Waals surface area contributed by atoms with Crippen LogP contribution in [0.25, 0.3) is 0 Å². The van der Waals surface area contributed by atoms with E-state index >= 15 is 0 Å². The number of nitriles is 1. The minimum atomic E-state index is -0.421. The van der Waals surface area contributed by atoms with E-state index in [9.17, 15) is 0 Å². The van der Waals surface area contributed by atoms with Crippen molar-refractivity contribution in [1.82, 2.24) is 0 Å². The maximum Gasteiger partial charge on any atom is 0.119 e. The van der Waals surface area contributed by atoms with E-state index in [1.54, 1.807) is 0 Å². The Hall–Kier alpha value is -1.49. The molecule has 0 unspecified atom stereocenters. The summed E-state index contributed by atoms with van der Waals surface area (Å²) in [5.41, 5.74) is -0.421. The van der Waals surface area contributed by atoms with Crippen LogP contribution in [0.2, 0.25) is 0 Å². The van der Waals surface area contributed by atoms with Gasteiger partial charge in [-0.15, -0.1) is 0 Å². The zero-order valence-corrected chi connectivity index (χ0v) is 7.95. The second-order valence-electron chi connectivity index (χ2n) is 3.60. The van der Waals surface area contributed by atoms with Crippen LogP contribution in [0, 0.1) is 16.7 Å². The Morgan fingerprint density at radius 3 is 2.46 bits per heavy atom. The van der Waals surface area contributed by atoms with Gasteiger partial charge in [-0.1, -0.05) is 18.2 Å². The lowest BCUT2D eigenvalue weighted by Gasteiger charge is -2.15. The van der Waals surface area contributed by atoms with Crippen molar-refractivity contribution >= 4 is 0 Å². The number of nitrogens with zero attached hydrogens (tertiary/aromatic N) is 1. The molecule has 0 heterocycles. The largest absolute Gasteiger partial charge is 0.492 e. The lowest BCUT2D eigenvalue weighted by atomic mass is 9.98. The molecular weight excluding hydrogens is 162 g/mol. The van der Waals surface area contributed by atoms with Crippen molar-refractivity contribution < 1.29 is 4.74 Å². The van der Waals surface area contributed by atoms with Crippen LogP contribution in [0.5, 0.6) is 5.75 Å². The van der Waals surface area contributed by atoms with Gasteiger partial charge >= 0.3 is 0 Å². The number of benzene rings is 1. The van der Waals surface area contributed by atoms with Crippen LogP contribution in [0.4, 0.5) is 0 Å². The van der Waals surface area contributed by atoms with Gasteiger partial charge in [-0.25, -0.2) is 0 Å². The molecule has 0 aromatic heterocycles. The van der Waals surface area contributed by atoms with Gasteiger partial charge < -0.3 is 4.74 Å². The highest BCUT2D eigenvalue weighted by atomic mass is 16.5. The molecule has 0 N–H and O–H groups in total. The summed E-state index contributed by atoms with van der Waals surface area (Å²) in [6.45, 7) is 4.14. The number of rotatable bonds is 3. The van der Waals surface area contributed by atoms with E-state index in [2.05, 4.69) is 6.07 Å². The average molecular weight is 175 g/mol. The third kappa shape index (κ3) is 3.16. The SMILES string of the molecule is CC(C)(C#N)COc1ccccc1. The van der Waals surface area contributed by atoms with E-state index in [-0.39, 0.29) is 0 Å². The normalized spacial score (nSPS) is 10.5. The molecule has 2 heteroatoms. The molecule has 68 valence electrons. The molecule has 1 aromatic carbocycles. The summed E-state index contributed by atoms with van der Waals surface area (Å²) >= 11 is 0. The topological polar surface area (TPSA) is 33.0 Å². The molecule has 2 nitrogen and oxygen atoms in total. The highest BCUT2D eigenvalue weighted by Gasteiger charge is 2.17. The molecule has 0 atom stereocenters. The lowest BCUT2D eigenvalue weighted by molar-refractivity contribution is 0.227. The van der Waals surface area contributed by atoms with Gasteiger partial charge in [-0.3, -0.25) is 0 Å². The van der Waals surface area contributed by atoms with Crippen molar-refractivity contribution in [3.05, 3.63) is 30.3 Å². The van der Waals surface area contributed by atoms with Crippen LogP contribution in [-0.4, -0.2) is 6.61 Å². The fourth-order valence-corrected chi connectivity index (χ4v) is 0.813. The zero-order chi connectivity index (χ0) is 9.73. The summed E-state index contributed by atoms with van der Waals surface area (Å²) in [5.74, 6) is 0.811. The van der Waals surface area contributed by atoms with Crippen LogP contribution in [0.15, 0.2) is 30.3 Å². The fraction of sp³-hybridized carbons (Fsp3) is 0.364. The van der Waals surface area contributed by atoms with Crippen molar-refractivity contribution in [3.8, 4) is 11.8 Å². The standard InChI is InChI=1S/C11H13NO/c1-11(2,8-12)9-13-10-6-4-3-5-7-10/h3-7H,9H2,1-2H3. The Kier molecular flexibility index (Phi) is 2.92. The summed E-state index contributed by atoms with van der Waals surface area (Å²) in [6, 6.07) is 11.7. The summed E-state index contributed by atoms with van der Waals surface area (Å²) in [6.07, 6.45) is 0. The maximum absolute atomic E-state index is 8.74. The van der Waals surface area contributed by atoms with Gasteiger partial charge in [0.05, 0.1) is 11.5 Å². The Morgan fingerprint density at radius 2 is 1.92 bits per heavy atom. The molecule has 0 saturated carbocycles. The van der Waals surface area contributed by atoms with E-state index in [0.717, 1.165) is 5.75 Å². The molecule has 0 spiro atoms. The maximum atomic E-state index is 8.74. The summed E-state index contributed by atoms with van der Waals surface area (Å²) in [4.78, 5) is 0. The molecule has 0 aliphatic heterocycles. The lowest BCUT2D eigenvalue weighted by Crippen LogP contribution is -2.18. The molecule has 0 radical (unpaired) electrons. The van der Waals surface area contributed by atoms with Gasteiger partial charge in [0.15, 0.2) is 0 Å². The Bertz CT molecular complexity index is 298. The summed E-state index contributed by atoms with van der Waals surface area (Å²) in [5, 5.41) is 8.74. The van der Waals surface area contributed by atoms with Gasteiger partial charge in [-0.2, -0.15) is 5.26 Å². The molecule has 1 rings (SSSR count). The van der Waals surface area contributed by atoms with E-state index in [4.69, 9.17) is 10.00 Å². The van der Waals surface area contributed by atoms with E-state index in [1.165, 1.54) is 0 Å². The fourth-order valence-electron chi connectivity index (χ4n) is 0.813. The molecule has 0 amide bonds. The first-order valence-corrected chi connectivity index (χ1v) is 4.23. The first-order chi connectivity index (χ1) is 6.14.